The average Bonchev–Trinajstić information content (AvgIpc) is 3.12. The first kappa shape index (κ1) is 21.1. The van der Waals surface area contributed by atoms with E-state index in [0.717, 1.165) is 0 Å². The van der Waals surface area contributed by atoms with Crippen molar-refractivity contribution in [2.24, 2.45) is 0 Å². The average molecular weight is 415 g/mol. The van der Waals surface area contributed by atoms with Gasteiger partial charge in [-0.2, -0.15) is 0 Å². The summed E-state index contributed by atoms with van der Waals surface area (Å²) < 4.78 is 21.0. The summed E-state index contributed by atoms with van der Waals surface area (Å²) in [5, 5.41) is 5.58. The molecule has 9 heteroatoms. The Morgan fingerprint density at radius 2 is 1.67 bits per heavy atom. The molecule has 1 fully saturated rings. The van der Waals surface area contributed by atoms with Gasteiger partial charge in [-0.3, -0.25) is 4.79 Å². The Bertz CT molecular complexity index is 933. The second-order valence-electron chi connectivity index (χ2n) is 6.61. The van der Waals surface area contributed by atoms with Crippen molar-refractivity contribution in [3.63, 3.8) is 0 Å². The van der Waals surface area contributed by atoms with E-state index in [1.165, 1.54) is 14.2 Å². The van der Waals surface area contributed by atoms with Gasteiger partial charge < -0.3 is 34.5 Å². The van der Waals surface area contributed by atoms with Crippen LogP contribution in [0, 0.1) is 0 Å². The number of urea groups is 1. The molecule has 0 unspecified atom stereocenters. The molecule has 2 aromatic carbocycles. The Kier molecular flexibility index (Phi) is 6.51. The van der Waals surface area contributed by atoms with E-state index < -0.39 is 6.03 Å². The number of hydrogen-bond acceptors (Lipinski definition) is 6. The number of nitrogens with zero attached hydrogens (tertiary/aromatic N) is 1. The highest BCUT2D eigenvalue weighted by Gasteiger charge is 2.32. The van der Waals surface area contributed by atoms with Crippen molar-refractivity contribution < 1.29 is 28.5 Å². The van der Waals surface area contributed by atoms with Crippen LogP contribution in [0.1, 0.15) is 6.42 Å². The molecule has 3 amide bonds. The first-order chi connectivity index (χ1) is 14.5. The molecule has 30 heavy (non-hydrogen) atoms. The maximum atomic E-state index is 12.5. The molecule has 1 heterocycles. The number of nitrogens with one attached hydrogen (secondary N) is 2. The predicted molar refractivity (Wildman–Crippen MR) is 112 cm³/mol. The lowest BCUT2D eigenvalue weighted by Crippen LogP contribution is -2.39. The van der Waals surface area contributed by atoms with Gasteiger partial charge in [-0.05, 0) is 24.3 Å². The van der Waals surface area contributed by atoms with Crippen LogP contribution in [-0.2, 0) is 4.79 Å². The molecule has 9 nitrogen and oxygen atoms in total. The number of methoxy groups -OCH3 is 4. The van der Waals surface area contributed by atoms with Crippen LogP contribution in [0.2, 0.25) is 0 Å². The van der Waals surface area contributed by atoms with Crippen molar-refractivity contribution in [1.29, 1.82) is 0 Å². The Hall–Kier alpha value is -3.62. The molecule has 2 aromatic rings. The maximum absolute atomic E-state index is 12.5. The standard InChI is InChI=1S/C21H25N3O6/c1-27-15-6-7-16(18(11-15)29-3)23-21(26)22-13-9-20(25)24(12-13)14-5-8-17(28-2)19(10-14)30-4/h5-8,10-11,13H,9,12H2,1-4H3,(H2,22,23,26)/t13-/m0/s1. The smallest absolute Gasteiger partial charge is 0.319 e. The summed E-state index contributed by atoms with van der Waals surface area (Å²) >= 11 is 0. The van der Waals surface area contributed by atoms with E-state index in [0.29, 0.717) is 40.9 Å². The second-order valence-corrected chi connectivity index (χ2v) is 6.61. The number of amides is 3. The fourth-order valence-electron chi connectivity index (χ4n) is 3.29. The molecule has 1 saturated heterocycles. The topological polar surface area (TPSA) is 98.4 Å². The molecular formula is C21H25N3O6. The fourth-order valence-corrected chi connectivity index (χ4v) is 3.29. The molecule has 0 aromatic heterocycles. The monoisotopic (exact) mass is 415 g/mol. The summed E-state index contributed by atoms with van der Waals surface area (Å²) in [7, 11) is 6.15. The van der Waals surface area contributed by atoms with Gasteiger partial charge in [-0.15, -0.1) is 0 Å². The van der Waals surface area contributed by atoms with E-state index in [1.807, 2.05) is 0 Å². The normalized spacial score (nSPS) is 15.5. The van der Waals surface area contributed by atoms with Crippen molar-refractivity contribution >= 4 is 23.3 Å². The lowest BCUT2D eigenvalue weighted by molar-refractivity contribution is -0.117. The lowest BCUT2D eigenvalue weighted by Gasteiger charge is -2.19. The zero-order valence-corrected chi connectivity index (χ0v) is 17.4. The summed E-state index contributed by atoms with van der Waals surface area (Å²) in [6.07, 6.45) is 0.196. The Morgan fingerprint density at radius 3 is 2.33 bits per heavy atom. The summed E-state index contributed by atoms with van der Waals surface area (Å²) in [6, 6.07) is 9.58. The summed E-state index contributed by atoms with van der Waals surface area (Å²) in [5.74, 6) is 2.11. The Balaban J connectivity index is 1.65. The van der Waals surface area contributed by atoms with E-state index in [2.05, 4.69) is 10.6 Å². The largest absolute Gasteiger partial charge is 0.497 e. The molecule has 3 rings (SSSR count). The van der Waals surface area contributed by atoms with Crippen LogP contribution < -0.4 is 34.5 Å². The second kappa shape index (κ2) is 9.25. The number of carbonyl (C=O) groups is 2. The zero-order valence-electron chi connectivity index (χ0n) is 17.4. The molecule has 0 saturated carbocycles. The van der Waals surface area contributed by atoms with Gasteiger partial charge in [0.2, 0.25) is 5.91 Å². The van der Waals surface area contributed by atoms with E-state index in [1.54, 1.807) is 55.5 Å². The van der Waals surface area contributed by atoms with E-state index in [9.17, 15) is 9.59 Å². The van der Waals surface area contributed by atoms with Gasteiger partial charge in [0, 0.05) is 30.8 Å². The van der Waals surface area contributed by atoms with Crippen LogP contribution in [0.3, 0.4) is 0 Å². The lowest BCUT2D eigenvalue weighted by atomic mass is 10.2. The van der Waals surface area contributed by atoms with Crippen molar-refractivity contribution in [1.82, 2.24) is 5.32 Å². The van der Waals surface area contributed by atoms with Gasteiger partial charge in [0.25, 0.3) is 0 Å². The predicted octanol–water partition coefficient (Wildman–Crippen LogP) is 2.65. The molecule has 0 spiro atoms. The number of hydrogen-bond donors (Lipinski definition) is 2. The van der Waals surface area contributed by atoms with Gasteiger partial charge >= 0.3 is 6.03 Å². The van der Waals surface area contributed by atoms with E-state index >= 15 is 0 Å². The van der Waals surface area contributed by atoms with Crippen LogP contribution in [0.4, 0.5) is 16.2 Å². The maximum Gasteiger partial charge on any atom is 0.319 e. The van der Waals surface area contributed by atoms with E-state index in [4.69, 9.17) is 18.9 Å². The highest BCUT2D eigenvalue weighted by Crippen LogP contribution is 2.33. The molecule has 0 bridgehead atoms. The molecule has 1 aliphatic heterocycles. The van der Waals surface area contributed by atoms with Crippen molar-refractivity contribution in [2.45, 2.75) is 12.5 Å². The number of rotatable bonds is 7. The minimum Gasteiger partial charge on any atom is -0.497 e. The zero-order chi connectivity index (χ0) is 21.7. The van der Waals surface area contributed by atoms with Crippen molar-refractivity contribution in [2.75, 3.05) is 45.2 Å². The third-order valence-electron chi connectivity index (χ3n) is 4.80. The summed E-state index contributed by atoms with van der Waals surface area (Å²) in [6.45, 7) is 0.349. The van der Waals surface area contributed by atoms with Crippen molar-refractivity contribution in [3.05, 3.63) is 36.4 Å². The van der Waals surface area contributed by atoms with Crippen molar-refractivity contribution in [3.8, 4) is 23.0 Å². The van der Waals surface area contributed by atoms with Crippen LogP contribution in [0.25, 0.3) is 0 Å². The van der Waals surface area contributed by atoms with Crippen LogP contribution >= 0.6 is 0 Å². The summed E-state index contributed by atoms with van der Waals surface area (Å²) in [4.78, 5) is 26.6. The molecule has 0 radical (unpaired) electrons. The summed E-state index contributed by atoms with van der Waals surface area (Å²) in [5.41, 5.74) is 1.18. The van der Waals surface area contributed by atoms with Gasteiger partial charge in [-0.25, -0.2) is 4.79 Å². The number of carbonyl (C=O) groups excluding carboxylic acids is 2. The van der Waals surface area contributed by atoms with E-state index in [-0.39, 0.29) is 18.4 Å². The Morgan fingerprint density at radius 1 is 0.933 bits per heavy atom. The molecule has 1 aliphatic rings. The fraction of sp³-hybridized carbons (Fsp3) is 0.333. The highest BCUT2D eigenvalue weighted by atomic mass is 16.5. The van der Waals surface area contributed by atoms with Gasteiger partial charge in [0.15, 0.2) is 11.5 Å². The van der Waals surface area contributed by atoms with Crippen LogP contribution in [0.15, 0.2) is 36.4 Å². The molecule has 1 atom stereocenters. The number of benzene rings is 2. The first-order valence-electron chi connectivity index (χ1n) is 9.31. The van der Waals surface area contributed by atoms with Gasteiger partial charge in [0.1, 0.15) is 11.5 Å². The molecular weight excluding hydrogens is 390 g/mol. The Labute approximate surface area is 174 Å². The molecule has 0 aliphatic carbocycles. The van der Waals surface area contributed by atoms with Crippen LogP contribution in [-0.4, -0.2) is 53.0 Å². The highest BCUT2D eigenvalue weighted by molar-refractivity contribution is 5.98. The number of anilines is 2. The third kappa shape index (κ3) is 4.51. The minimum absolute atomic E-state index is 0.0884. The quantitative estimate of drug-likeness (QED) is 0.722. The van der Waals surface area contributed by atoms with Crippen LogP contribution in [0.5, 0.6) is 23.0 Å². The molecule has 160 valence electrons. The molecule has 2 N–H and O–H groups in total. The number of ether oxygens (including phenoxy) is 4. The first-order valence-corrected chi connectivity index (χ1v) is 9.31. The van der Waals surface area contributed by atoms with Gasteiger partial charge in [-0.1, -0.05) is 0 Å². The van der Waals surface area contributed by atoms with Gasteiger partial charge in [0.05, 0.1) is 40.2 Å². The minimum atomic E-state index is -0.426. The third-order valence-corrected chi connectivity index (χ3v) is 4.80. The SMILES string of the molecule is COc1ccc(NC(=O)N[C@H]2CC(=O)N(c3ccc(OC)c(OC)c3)C2)c(OC)c1.